The van der Waals surface area contributed by atoms with E-state index < -0.39 is 0 Å². The number of esters is 2. The average molecular weight is 583 g/mol. The summed E-state index contributed by atoms with van der Waals surface area (Å²) in [6, 6.07) is 0. The SMILES string of the molecule is CCCCCCCCCCCC(=O)OCCN(CCCN(CC)CC)CCOC(=O)CCCCCCCCCCC. The number of hydrogen-bond donors (Lipinski definition) is 0. The molecule has 0 saturated carbocycles. The van der Waals surface area contributed by atoms with Gasteiger partial charge in [0.1, 0.15) is 13.2 Å². The minimum absolute atomic E-state index is 0.0802. The number of ether oxygens (including phenoxy) is 2. The van der Waals surface area contributed by atoms with Crippen molar-refractivity contribution in [3.63, 3.8) is 0 Å². The van der Waals surface area contributed by atoms with Gasteiger partial charge in [0.25, 0.3) is 0 Å². The molecule has 0 aliphatic carbocycles. The van der Waals surface area contributed by atoms with Crippen LogP contribution in [0.25, 0.3) is 0 Å². The maximum absolute atomic E-state index is 12.2. The topological polar surface area (TPSA) is 59.1 Å². The quantitative estimate of drug-likeness (QED) is 0.0583. The van der Waals surface area contributed by atoms with Crippen LogP contribution in [0.3, 0.4) is 0 Å². The normalized spacial score (nSPS) is 11.5. The van der Waals surface area contributed by atoms with Gasteiger partial charge in [0, 0.05) is 25.9 Å². The molecule has 0 aliphatic heterocycles. The van der Waals surface area contributed by atoms with Gasteiger partial charge >= 0.3 is 11.9 Å². The van der Waals surface area contributed by atoms with E-state index in [1.165, 1.54) is 89.9 Å². The summed E-state index contributed by atoms with van der Waals surface area (Å²) in [5.41, 5.74) is 0. The maximum Gasteiger partial charge on any atom is 0.305 e. The molecule has 0 radical (unpaired) electrons. The molecule has 0 amide bonds. The summed E-state index contributed by atoms with van der Waals surface area (Å²) in [6.45, 7) is 15.2. The van der Waals surface area contributed by atoms with Crippen LogP contribution >= 0.6 is 0 Å². The third-order valence-corrected chi connectivity index (χ3v) is 8.15. The standard InChI is InChI=1S/C35H70N2O4/c1-5-9-11-13-15-17-19-21-23-26-34(38)40-32-30-37(29-25-28-36(7-3)8-4)31-33-41-35(39)27-24-22-20-18-16-14-12-10-6-2/h5-33H2,1-4H3. The molecule has 41 heavy (non-hydrogen) atoms. The van der Waals surface area contributed by atoms with Crippen molar-refractivity contribution < 1.29 is 19.1 Å². The van der Waals surface area contributed by atoms with E-state index in [2.05, 4.69) is 37.5 Å². The number of unbranched alkanes of at least 4 members (excludes halogenated alkanes) is 16. The van der Waals surface area contributed by atoms with Crippen molar-refractivity contribution in [1.29, 1.82) is 0 Å². The minimum Gasteiger partial charge on any atom is -0.464 e. The molecule has 0 heterocycles. The number of carbonyl (C=O) groups is 2. The number of nitrogens with zero attached hydrogens (tertiary/aromatic N) is 2. The molecular formula is C35H70N2O4. The molecular weight excluding hydrogens is 512 g/mol. The highest BCUT2D eigenvalue weighted by molar-refractivity contribution is 5.69. The molecule has 0 rings (SSSR count). The molecule has 0 aromatic rings. The van der Waals surface area contributed by atoms with Crippen LogP contribution in [0, 0.1) is 0 Å². The zero-order valence-corrected chi connectivity index (χ0v) is 28.0. The Balaban J connectivity index is 4.11. The Hall–Kier alpha value is -1.14. The zero-order chi connectivity index (χ0) is 30.2. The lowest BCUT2D eigenvalue weighted by Gasteiger charge is -2.24. The number of carbonyl (C=O) groups excluding carboxylic acids is 2. The summed E-state index contributed by atoms with van der Waals surface area (Å²) in [5, 5.41) is 0. The van der Waals surface area contributed by atoms with Gasteiger partial charge in [0.15, 0.2) is 0 Å². The summed E-state index contributed by atoms with van der Waals surface area (Å²) >= 11 is 0. The third-order valence-electron chi connectivity index (χ3n) is 8.15. The van der Waals surface area contributed by atoms with Crippen molar-refractivity contribution in [3.8, 4) is 0 Å². The van der Waals surface area contributed by atoms with Crippen molar-refractivity contribution in [3.05, 3.63) is 0 Å². The van der Waals surface area contributed by atoms with Gasteiger partial charge in [-0.25, -0.2) is 0 Å². The van der Waals surface area contributed by atoms with Crippen molar-refractivity contribution in [2.45, 2.75) is 163 Å². The van der Waals surface area contributed by atoms with E-state index in [0.29, 0.717) is 39.1 Å². The molecule has 0 saturated heterocycles. The van der Waals surface area contributed by atoms with Crippen LogP contribution in [-0.4, -0.2) is 74.2 Å². The monoisotopic (exact) mass is 583 g/mol. The molecule has 244 valence electrons. The molecule has 6 heteroatoms. The first-order valence-electron chi connectivity index (χ1n) is 17.8. The second-order valence-corrected chi connectivity index (χ2v) is 11.8. The fraction of sp³-hybridized carbons (Fsp3) is 0.943. The highest BCUT2D eigenvalue weighted by Gasteiger charge is 2.11. The highest BCUT2D eigenvalue weighted by atomic mass is 16.5. The maximum atomic E-state index is 12.2. The van der Waals surface area contributed by atoms with Gasteiger partial charge in [-0.1, -0.05) is 130 Å². The van der Waals surface area contributed by atoms with Gasteiger partial charge in [0.2, 0.25) is 0 Å². The van der Waals surface area contributed by atoms with E-state index >= 15 is 0 Å². The third kappa shape index (κ3) is 28.7. The van der Waals surface area contributed by atoms with Gasteiger partial charge < -0.3 is 14.4 Å². The van der Waals surface area contributed by atoms with Gasteiger partial charge in [-0.2, -0.15) is 0 Å². The van der Waals surface area contributed by atoms with E-state index in [1.807, 2.05) is 0 Å². The van der Waals surface area contributed by atoms with Crippen molar-refractivity contribution in [1.82, 2.24) is 9.80 Å². The lowest BCUT2D eigenvalue weighted by atomic mass is 10.1. The highest BCUT2D eigenvalue weighted by Crippen LogP contribution is 2.12. The molecule has 0 atom stereocenters. The van der Waals surface area contributed by atoms with E-state index in [1.54, 1.807) is 0 Å². The Morgan fingerprint density at radius 2 is 0.756 bits per heavy atom. The Kier molecular flexibility index (Phi) is 30.9. The van der Waals surface area contributed by atoms with E-state index in [-0.39, 0.29) is 11.9 Å². The van der Waals surface area contributed by atoms with Gasteiger partial charge in [-0.3, -0.25) is 14.5 Å². The summed E-state index contributed by atoms with van der Waals surface area (Å²) in [4.78, 5) is 29.2. The lowest BCUT2D eigenvalue weighted by Crippen LogP contribution is -2.35. The molecule has 0 bridgehead atoms. The fourth-order valence-corrected chi connectivity index (χ4v) is 5.27. The van der Waals surface area contributed by atoms with E-state index in [9.17, 15) is 9.59 Å². The van der Waals surface area contributed by atoms with Gasteiger partial charge in [0.05, 0.1) is 0 Å². The largest absolute Gasteiger partial charge is 0.464 e. The molecule has 6 nitrogen and oxygen atoms in total. The average Bonchev–Trinajstić information content (AvgIpc) is 2.97. The van der Waals surface area contributed by atoms with Crippen LogP contribution in [0.4, 0.5) is 0 Å². The predicted molar refractivity (Wildman–Crippen MR) is 174 cm³/mol. The lowest BCUT2D eigenvalue weighted by molar-refractivity contribution is -0.144. The predicted octanol–water partition coefficient (Wildman–Crippen LogP) is 8.95. The Bertz CT molecular complexity index is 528. The summed E-state index contributed by atoms with van der Waals surface area (Å²) in [7, 11) is 0. The molecule has 0 spiro atoms. The minimum atomic E-state index is -0.0802. The van der Waals surface area contributed by atoms with Gasteiger partial charge in [-0.05, 0) is 45.4 Å². The van der Waals surface area contributed by atoms with Crippen LogP contribution in [0.1, 0.15) is 163 Å². The van der Waals surface area contributed by atoms with Crippen molar-refractivity contribution >= 4 is 11.9 Å². The number of hydrogen-bond acceptors (Lipinski definition) is 6. The smallest absolute Gasteiger partial charge is 0.305 e. The molecule has 0 fully saturated rings. The van der Waals surface area contributed by atoms with E-state index in [4.69, 9.17) is 9.47 Å². The molecule has 0 aliphatic rings. The summed E-state index contributed by atoms with van der Waals surface area (Å²) in [6.07, 6.45) is 24.5. The molecule has 0 aromatic carbocycles. The van der Waals surface area contributed by atoms with Crippen LogP contribution in [0.2, 0.25) is 0 Å². The number of rotatable bonds is 32. The van der Waals surface area contributed by atoms with E-state index in [0.717, 1.165) is 58.3 Å². The van der Waals surface area contributed by atoms with Crippen LogP contribution < -0.4 is 0 Å². The first-order valence-corrected chi connectivity index (χ1v) is 17.8. The second-order valence-electron chi connectivity index (χ2n) is 11.8. The molecule has 0 N–H and O–H groups in total. The molecule has 0 unspecified atom stereocenters. The fourth-order valence-electron chi connectivity index (χ4n) is 5.27. The van der Waals surface area contributed by atoms with Crippen LogP contribution in [0.5, 0.6) is 0 Å². The Labute approximate surface area is 255 Å². The first-order chi connectivity index (χ1) is 20.1. The van der Waals surface area contributed by atoms with Crippen molar-refractivity contribution in [2.75, 3.05) is 52.5 Å². The Morgan fingerprint density at radius 3 is 1.12 bits per heavy atom. The van der Waals surface area contributed by atoms with Gasteiger partial charge in [-0.15, -0.1) is 0 Å². The Morgan fingerprint density at radius 1 is 0.415 bits per heavy atom. The zero-order valence-electron chi connectivity index (χ0n) is 28.0. The second kappa shape index (κ2) is 31.8. The van der Waals surface area contributed by atoms with Crippen molar-refractivity contribution in [2.24, 2.45) is 0 Å². The van der Waals surface area contributed by atoms with Crippen LogP contribution in [0.15, 0.2) is 0 Å². The summed E-state index contributed by atoms with van der Waals surface area (Å²) < 4.78 is 11.1. The van der Waals surface area contributed by atoms with Crippen LogP contribution in [-0.2, 0) is 19.1 Å². The molecule has 0 aromatic heterocycles. The first kappa shape index (κ1) is 39.9. The summed E-state index contributed by atoms with van der Waals surface area (Å²) in [5.74, 6) is -0.160.